The van der Waals surface area contributed by atoms with Crippen molar-refractivity contribution in [1.82, 2.24) is 9.88 Å². The normalized spacial score (nSPS) is 14.8. The van der Waals surface area contributed by atoms with Crippen LogP contribution in [0.1, 0.15) is 29.3 Å². The second kappa shape index (κ2) is 9.37. The van der Waals surface area contributed by atoms with Crippen LogP contribution in [0.2, 0.25) is 0 Å². The van der Waals surface area contributed by atoms with Crippen molar-refractivity contribution < 1.29 is 27.3 Å². The van der Waals surface area contributed by atoms with E-state index in [4.69, 9.17) is 0 Å². The summed E-state index contributed by atoms with van der Waals surface area (Å²) in [5.41, 5.74) is -0.865. The van der Waals surface area contributed by atoms with Crippen LogP contribution in [0.4, 0.5) is 33.7 Å². The number of nitro benzene ring substituents is 1. The van der Waals surface area contributed by atoms with Crippen molar-refractivity contribution in [1.29, 1.82) is 0 Å². The Morgan fingerprint density at radius 2 is 1.88 bits per heavy atom. The number of nitrogens with one attached hydrogen (secondary N) is 1. The fourth-order valence-electron chi connectivity index (χ4n) is 3.83. The van der Waals surface area contributed by atoms with Gasteiger partial charge in [0.25, 0.3) is 5.69 Å². The van der Waals surface area contributed by atoms with Gasteiger partial charge >= 0.3 is 12.2 Å². The molecule has 0 spiro atoms. The van der Waals surface area contributed by atoms with Crippen molar-refractivity contribution >= 4 is 28.7 Å². The fourth-order valence-corrected chi connectivity index (χ4v) is 4.82. The van der Waals surface area contributed by atoms with E-state index in [-0.39, 0.29) is 11.6 Å². The number of aromatic nitrogens is 1. The first-order valence-corrected chi connectivity index (χ1v) is 11.1. The Bertz CT molecular complexity index is 1220. The largest absolute Gasteiger partial charge is 0.418 e. The van der Waals surface area contributed by atoms with Crippen LogP contribution in [0, 0.1) is 15.9 Å². The lowest BCUT2D eigenvalue weighted by Gasteiger charge is -2.31. The molecule has 1 aromatic heterocycles. The monoisotopic (exact) mass is 494 g/mol. The number of carbonyl (C=O) groups is 1. The van der Waals surface area contributed by atoms with E-state index in [1.165, 1.54) is 22.3 Å². The Morgan fingerprint density at radius 1 is 1.18 bits per heavy atom. The number of anilines is 1. The van der Waals surface area contributed by atoms with Crippen LogP contribution in [0.5, 0.6) is 0 Å². The average molecular weight is 494 g/mol. The number of urea groups is 1. The molecule has 3 aromatic rings. The van der Waals surface area contributed by atoms with E-state index < -0.39 is 34.2 Å². The molecule has 1 aliphatic heterocycles. The number of thiazole rings is 1. The fraction of sp³-hybridized carbons (Fsp3) is 0.273. The van der Waals surface area contributed by atoms with Crippen LogP contribution in [0.3, 0.4) is 0 Å². The van der Waals surface area contributed by atoms with Gasteiger partial charge in [-0.1, -0.05) is 12.1 Å². The number of likely N-dealkylation sites (tertiary alicyclic amines) is 1. The van der Waals surface area contributed by atoms with E-state index in [1.54, 1.807) is 23.6 Å². The van der Waals surface area contributed by atoms with Crippen LogP contribution in [0.15, 0.2) is 47.8 Å². The molecule has 0 saturated carbocycles. The molecule has 0 atom stereocenters. The van der Waals surface area contributed by atoms with Gasteiger partial charge in [-0.2, -0.15) is 13.2 Å². The highest BCUT2D eigenvalue weighted by Gasteiger charge is 2.35. The van der Waals surface area contributed by atoms with Gasteiger partial charge in [-0.3, -0.25) is 10.1 Å². The summed E-state index contributed by atoms with van der Waals surface area (Å²) < 4.78 is 52.8. The number of nitro groups is 1. The molecule has 34 heavy (non-hydrogen) atoms. The molecule has 0 bridgehead atoms. The number of piperidine rings is 1. The Labute approximate surface area is 195 Å². The molecule has 2 amide bonds. The number of hydrogen-bond donors (Lipinski definition) is 1. The highest BCUT2D eigenvalue weighted by Crippen LogP contribution is 2.37. The molecule has 1 aliphatic rings. The van der Waals surface area contributed by atoms with E-state index in [0.29, 0.717) is 43.3 Å². The molecule has 7 nitrogen and oxygen atoms in total. The minimum Gasteiger partial charge on any atom is -0.324 e. The van der Waals surface area contributed by atoms with Crippen LogP contribution in [0.25, 0.3) is 11.3 Å². The van der Waals surface area contributed by atoms with Crippen LogP contribution < -0.4 is 5.32 Å². The first-order chi connectivity index (χ1) is 16.1. The third-order valence-electron chi connectivity index (χ3n) is 5.56. The van der Waals surface area contributed by atoms with Gasteiger partial charge in [0.2, 0.25) is 0 Å². The molecular formula is C22H18F4N4O3S. The Balaban J connectivity index is 1.41. The molecule has 2 aromatic carbocycles. The first kappa shape index (κ1) is 23.6. The smallest absolute Gasteiger partial charge is 0.324 e. The van der Waals surface area contributed by atoms with Crippen molar-refractivity contribution in [2.24, 2.45) is 0 Å². The number of hydrogen-bond acceptors (Lipinski definition) is 5. The zero-order chi connectivity index (χ0) is 24.5. The highest BCUT2D eigenvalue weighted by molar-refractivity contribution is 7.10. The minimum absolute atomic E-state index is 0.0159. The number of alkyl halides is 3. The van der Waals surface area contributed by atoms with E-state index in [9.17, 15) is 32.5 Å². The number of halogens is 4. The number of rotatable bonds is 4. The predicted molar refractivity (Wildman–Crippen MR) is 118 cm³/mol. The van der Waals surface area contributed by atoms with Crippen molar-refractivity contribution in [3.8, 4) is 11.3 Å². The molecule has 1 N–H and O–H groups in total. The second-order valence-corrected chi connectivity index (χ2v) is 8.61. The molecule has 1 fully saturated rings. The molecule has 0 radical (unpaired) electrons. The summed E-state index contributed by atoms with van der Waals surface area (Å²) in [5.74, 6) is -1.03. The zero-order valence-electron chi connectivity index (χ0n) is 17.5. The third-order valence-corrected chi connectivity index (χ3v) is 6.57. The van der Waals surface area contributed by atoms with Crippen LogP contribution in [-0.2, 0) is 6.18 Å². The zero-order valence-corrected chi connectivity index (χ0v) is 18.3. The van der Waals surface area contributed by atoms with Gasteiger partial charge < -0.3 is 10.2 Å². The van der Waals surface area contributed by atoms with Gasteiger partial charge in [0, 0.05) is 30.5 Å². The summed E-state index contributed by atoms with van der Waals surface area (Å²) in [6.45, 7) is 0.582. The van der Waals surface area contributed by atoms with Crippen molar-refractivity contribution in [3.63, 3.8) is 0 Å². The first-order valence-electron chi connectivity index (χ1n) is 10.3. The summed E-state index contributed by atoms with van der Waals surface area (Å²) in [6, 6.07) is 7.72. The van der Waals surface area contributed by atoms with Crippen LogP contribution >= 0.6 is 11.3 Å². The maximum atomic E-state index is 13.3. The predicted octanol–water partition coefficient (Wildman–Crippen LogP) is 6.29. The maximum Gasteiger partial charge on any atom is 0.418 e. The van der Waals surface area contributed by atoms with E-state index in [2.05, 4.69) is 10.3 Å². The number of benzene rings is 2. The van der Waals surface area contributed by atoms with Gasteiger partial charge in [-0.15, -0.1) is 11.3 Å². The lowest BCUT2D eigenvalue weighted by molar-refractivity contribution is -0.384. The molecule has 2 heterocycles. The number of nitrogens with zero attached hydrogens (tertiary/aromatic N) is 3. The molecule has 0 aliphatic carbocycles. The van der Waals surface area contributed by atoms with E-state index in [0.717, 1.165) is 17.1 Å². The molecule has 4 rings (SSSR count). The summed E-state index contributed by atoms with van der Waals surface area (Å²) >= 11 is 1.38. The van der Waals surface area contributed by atoms with Gasteiger partial charge in [0.05, 0.1) is 32.4 Å². The number of carbonyl (C=O) groups excluding carboxylic acids is 1. The second-order valence-electron chi connectivity index (χ2n) is 7.72. The summed E-state index contributed by atoms with van der Waals surface area (Å²) in [5, 5.41) is 16.1. The summed E-state index contributed by atoms with van der Waals surface area (Å²) in [6.07, 6.45) is -3.74. The molecule has 178 valence electrons. The SMILES string of the molecule is O=C(Nc1ccc(F)cc1C(F)(F)F)N1CCC(c2nc(-c3ccccc3[N+](=O)[O-])cs2)CC1. The lowest BCUT2D eigenvalue weighted by Crippen LogP contribution is -2.40. The van der Waals surface area contributed by atoms with Gasteiger partial charge in [0.15, 0.2) is 0 Å². The number of amides is 2. The topological polar surface area (TPSA) is 88.4 Å². The molecule has 0 unspecified atom stereocenters. The van der Waals surface area contributed by atoms with Crippen LogP contribution in [-0.4, -0.2) is 33.9 Å². The van der Waals surface area contributed by atoms with Gasteiger partial charge in [-0.05, 0) is 37.1 Å². The van der Waals surface area contributed by atoms with Crippen molar-refractivity contribution in [2.45, 2.75) is 24.9 Å². The quantitative estimate of drug-likeness (QED) is 0.262. The highest BCUT2D eigenvalue weighted by atomic mass is 32.1. The summed E-state index contributed by atoms with van der Waals surface area (Å²) in [4.78, 5) is 29.3. The third kappa shape index (κ3) is 5.01. The van der Waals surface area contributed by atoms with Gasteiger partial charge in [-0.25, -0.2) is 14.2 Å². The molecular weight excluding hydrogens is 476 g/mol. The average Bonchev–Trinajstić information content (AvgIpc) is 3.30. The van der Waals surface area contributed by atoms with Crippen molar-refractivity contribution in [3.05, 3.63) is 74.3 Å². The molecule has 12 heteroatoms. The van der Waals surface area contributed by atoms with Crippen molar-refractivity contribution in [2.75, 3.05) is 18.4 Å². The Hall–Kier alpha value is -3.54. The lowest BCUT2D eigenvalue weighted by atomic mass is 9.97. The van der Waals surface area contributed by atoms with Gasteiger partial charge in [0.1, 0.15) is 5.82 Å². The summed E-state index contributed by atoms with van der Waals surface area (Å²) in [7, 11) is 0. The standard InChI is InChI=1S/C22H18F4N4O3S/c23-14-5-6-17(16(11-14)22(24,25)26)28-21(31)29-9-7-13(8-10-29)20-27-18(12-34-20)15-3-1-2-4-19(15)30(32)33/h1-6,11-13H,7-10H2,(H,28,31). The minimum atomic E-state index is -4.81. The maximum absolute atomic E-state index is 13.3. The van der Waals surface area contributed by atoms with E-state index >= 15 is 0 Å². The number of para-hydroxylation sites is 1. The Kier molecular flexibility index (Phi) is 6.51. The Morgan fingerprint density at radius 3 is 2.56 bits per heavy atom. The molecule has 1 saturated heterocycles. The van der Waals surface area contributed by atoms with E-state index in [1.807, 2.05) is 0 Å².